The summed E-state index contributed by atoms with van der Waals surface area (Å²) in [6.45, 7) is 4.55. The lowest BCUT2D eigenvalue weighted by atomic mass is 10.1. The SMILES string of the molecule is CCn1c(N2CCCCC2)nc2c1c(=O)[nH]c(=O)n2C. The van der Waals surface area contributed by atoms with Crippen LogP contribution in [0.2, 0.25) is 0 Å². The molecule has 2 aromatic rings. The zero-order chi connectivity index (χ0) is 14.3. The van der Waals surface area contributed by atoms with Gasteiger partial charge in [-0.25, -0.2) is 4.79 Å². The molecule has 1 aliphatic heterocycles. The summed E-state index contributed by atoms with van der Waals surface area (Å²) in [6, 6.07) is 0. The van der Waals surface area contributed by atoms with E-state index in [1.165, 1.54) is 11.0 Å². The zero-order valence-corrected chi connectivity index (χ0v) is 11.8. The van der Waals surface area contributed by atoms with Gasteiger partial charge in [-0.2, -0.15) is 4.98 Å². The molecule has 1 aliphatic rings. The molecule has 3 heterocycles. The normalized spacial score (nSPS) is 16.0. The molecule has 1 fully saturated rings. The van der Waals surface area contributed by atoms with Gasteiger partial charge in [-0.05, 0) is 26.2 Å². The number of anilines is 1. The molecule has 0 spiro atoms. The molecule has 108 valence electrons. The van der Waals surface area contributed by atoms with Gasteiger partial charge in [0.2, 0.25) is 5.95 Å². The molecule has 0 aliphatic carbocycles. The lowest BCUT2D eigenvalue weighted by Crippen LogP contribution is -2.32. The first-order chi connectivity index (χ1) is 9.63. The van der Waals surface area contributed by atoms with E-state index in [0.29, 0.717) is 17.7 Å². The maximum Gasteiger partial charge on any atom is 0.329 e. The third-order valence-electron chi connectivity index (χ3n) is 3.94. The van der Waals surface area contributed by atoms with Gasteiger partial charge < -0.3 is 9.47 Å². The van der Waals surface area contributed by atoms with Crippen molar-refractivity contribution in [3.05, 3.63) is 20.8 Å². The van der Waals surface area contributed by atoms with E-state index in [1.54, 1.807) is 7.05 Å². The summed E-state index contributed by atoms with van der Waals surface area (Å²) in [4.78, 5) is 32.9. The Morgan fingerprint density at radius 2 is 1.90 bits per heavy atom. The lowest BCUT2D eigenvalue weighted by Gasteiger charge is -2.27. The Bertz CT molecular complexity index is 748. The number of aromatic nitrogens is 4. The van der Waals surface area contributed by atoms with Crippen molar-refractivity contribution in [2.24, 2.45) is 7.05 Å². The van der Waals surface area contributed by atoms with Crippen molar-refractivity contribution in [1.82, 2.24) is 19.1 Å². The number of piperidine rings is 1. The number of H-pyrrole nitrogens is 1. The van der Waals surface area contributed by atoms with Crippen LogP contribution >= 0.6 is 0 Å². The first-order valence-electron chi connectivity index (χ1n) is 7.08. The summed E-state index contributed by atoms with van der Waals surface area (Å²) in [5.41, 5.74) is 0.158. The molecule has 1 N–H and O–H groups in total. The Balaban J connectivity index is 2.28. The molecule has 3 rings (SSSR count). The van der Waals surface area contributed by atoms with E-state index in [-0.39, 0.29) is 5.56 Å². The van der Waals surface area contributed by atoms with Crippen LogP contribution in [-0.4, -0.2) is 32.2 Å². The Hall–Kier alpha value is -2.05. The highest BCUT2D eigenvalue weighted by Crippen LogP contribution is 2.22. The second-order valence-electron chi connectivity index (χ2n) is 5.19. The predicted molar refractivity (Wildman–Crippen MR) is 77.3 cm³/mol. The highest BCUT2D eigenvalue weighted by molar-refractivity contribution is 5.74. The summed E-state index contributed by atoms with van der Waals surface area (Å²) in [7, 11) is 1.63. The van der Waals surface area contributed by atoms with Gasteiger partial charge in [-0.15, -0.1) is 0 Å². The number of nitrogens with zero attached hydrogens (tertiary/aromatic N) is 4. The minimum atomic E-state index is -0.423. The Labute approximate surface area is 115 Å². The number of hydrogen-bond donors (Lipinski definition) is 1. The summed E-state index contributed by atoms with van der Waals surface area (Å²) in [6.07, 6.45) is 3.52. The van der Waals surface area contributed by atoms with Gasteiger partial charge in [-0.1, -0.05) is 0 Å². The number of nitrogens with one attached hydrogen (secondary N) is 1. The number of hydrogen-bond acceptors (Lipinski definition) is 4. The molecule has 7 heteroatoms. The van der Waals surface area contributed by atoms with Crippen molar-refractivity contribution >= 4 is 17.1 Å². The number of imidazole rings is 1. The van der Waals surface area contributed by atoms with E-state index in [0.717, 1.165) is 31.9 Å². The van der Waals surface area contributed by atoms with Crippen LogP contribution in [-0.2, 0) is 13.6 Å². The molecular formula is C13H19N5O2. The topological polar surface area (TPSA) is 75.9 Å². The van der Waals surface area contributed by atoms with Crippen LogP contribution in [0.5, 0.6) is 0 Å². The van der Waals surface area contributed by atoms with E-state index in [1.807, 2.05) is 11.5 Å². The van der Waals surface area contributed by atoms with Gasteiger partial charge in [-0.3, -0.25) is 14.3 Å². The summed E-state index contributed by atoms with van der Waals surface area (Å²) in [5, 5.41) is 0. The average molecular weight is 277 g/mol. The smallest absolute Gasteiger partial charge is 0.329 e. The van der Waals surface area contributed by atoms with E-state index in [9.17, 15) is 9.59 Å². The van der Waals surface area contributed by atoms with Crippen LogP contribution in [0.1, 0.15) is 26.2 Å². The van der Waals surface area contributed by atoms with Crippen molar-refractivity contribution < 1.29 is 0 Å². The van der Waals surface area contributed by atoms with Gasteiger partial charge in [0.1, 0.15) is 0 Å². The van der Waals surface area contributed by atoms with Gasteiger partial charge in [0, 0.05) is 26.7 Å². The van der Waals surface area contributed by atoms with Crippen molar-refractivity contribution in [3.8, 4) is 0 Å². The minimum absolute atomic E-state index is 0.360. The van der Waals surface area contributed by atoms with Crippen molar-refractivity contribution in [2.45, 2.75) is 32.7 Å². The van der Waals surface area contributed by atoms with Crippen LogP contribution in [0.4, 0.5) is 5.95 Å². The lowest BCUT2D eigenvalue weighted by molar-refractivity contribution is 0.558. The van der Waals surface area contributed by atoms with Gasteiger partial charge in [0.05, 0.1) is 0 Å². The molecule has 0 radical (unpaired) electrons. The minimum Gasteiger partial charge on any atom is -0.342 e. The molecule has 0 amide bonds. The average Bonchev–Trinajstić information content (AvgIpc) is 2.86. The first-order valence-corrected chi connectivity index (χ1v) is 7.08. The van der Waals surface area contributed by atoms with E-state index in [4.69, 9.17) is 0 Å². The second kappa shape index (κ2) is 4.81. The highest BCUT2D eigenvalue weighted by atomic mass is 16.2. The maximum atomic E-state index is 12.1. The fraction of sp³-hybridized carbons (Fsp3) is 0.615. The van der Waals surface area contributed by atoms with Gasteiger partial charge in [0.25, 0.3) is 5.56 Å². The third-order valence-corrected chi connectivity index (χ3v) is 3.94. The van der Waals surface area contributed by atoms with Crippen LogP contribution in [0.25, 0.3) is 11.2 Å². The molecule has 7 nitrogen and oxygen atoms in total. The number of aromatic amines is 1. The fourth-order valence-corrected chi connectivity index (χ4v) is 2.86. The fourth-order valence-electron chi connectivity index (χ4n) is 2.86. The molecule has 20 heavy (non-hydrogen) atoms. The van der Waals surface area contributed by atoms with Crippen LogP contribution < -0.4 is 16.1 Å². The monoisotopic (exact) mass is 277 g/mol. The summed E-state index contributed by atoms with van der Waals surface area (Å²) >= 11 is 0. The highest BCUT2D eigenvalue weighted by Gasteiger charge is 2.21. The molecule has 0 saturated carbocycles. The molecule has 0 atom stereocenters. The molecular weight excluding hydrogens is 258 g/mol. The summed E-state index contributed by atoms with van der Waals surface area (Å²) < 4.78 is 3.30. The van der Waals surface area contributed by atoms with Crippen LogP contribution in [0.15, 0.2) is 9.59 Å². The standard InChI is InChI=1S/C13H19N5O2/c1-3-18-9-10(16(2)13(20)15-11(9)19)14-12(18)17-7-5-4-6-8-17/h3-8H2,1-2H3,(H,15,19,20). The summed E-state index contributed by atoms with van der Waals surface area (Å²) in [5.74, 6) is 0.800. The molecule has 2 aromatic heterocycles. The van der Waals surface area contributed by atoms with Crippen molar-refractivity contribution in [3.63, 3.8) is 0 Å². The van der Waals surface area contributed by atoms with Crippen molar-refractivity contribution in [2.75, 3.05) is 18.0 Å². The molecule has 0 bridgehead atoms. The van der Waals surface area contributed by atoms with E-state index < -0.39 is 5.69 Å². The predicted octanol–water partition coefficient (Wildman–Crippen LogP) is 0.433. The third kappa shape index (κ3) is 1.85. The van der Waals surface area contributed by atoms with Crippen LogP contribution in [0.3, 0.4) is 0 Å². The second-order valence-corrected chi connectivity index (χ2v) is 5.19. The Morgan fingerprint density at radius 1 is 1.20 bits per heavy atom. The van der Waals surface area contributed by atoms with Crippen LogP contribution in [0, 0.1) is 0 Å². The molecule has 0 unspecified atom stereocenters. The molecule has 1 saturated heterocycles. The Kier molecular flexibility index (Phi) is 3.11. The van der Waals surface area contributed by atoms with Gasteiger partial charge in [0.15, 0.2) is 11.2 Å². The van der Waals surface area contributed by atoms with Crippen molar-refractivity contribution in [1.29, 1.82) is 0 Å². The number of rotatable bonds is 2. The Morgan fingerprint density at radius 3 is 2.55 bits per heavy atom. The number of fused-ring (bicyclic) bond motifs is 1. The zero-order valence-electron chi connectivity index (χ0n) is 11.8. The van der Waals surface area contributed by atoms with Gasteiger partial charge >= 0.3 is 5.69 Å². The van der Waals surface area contributed by atoms with E-state index in [2.05, 4.69) is 14.9 Å². The maximum absolute atomic E-state index is 12.1. The molecule has 0 aromatic carbocycles. The van der Waals surface area contributed by atoms with E-state index >= 15 is 0 Å². The quantitative estimate of drug-likeness (QED) is 0.864. The largest absolute Gasteiger partial charge is 0.342 e. The first kappa shape index (κ1) is 13.0. The number of aryl methyl sites for hydroxylation is 2.